The van der Waals surface area contributed by atoms with E-state index in [-0.39, 0.29) is 11.8 Å². The third-order valence-electron chi connectivity index (χ3n) is 2.90. The van der Waals surface area contributed by atoms with Gasteiger partial charge in [-0.1, -0.05) is 0 Å². The maximum Gasteiger partial charge on any atom is 0.287 e. The molecule has 1 aromatic heterocycles. The molecule has 2 aromatic rings. The predicted molar refractivity (Wildman–Crippen MR) is 90.9 cm³/mol. The Hall–Kier alpha value is -3.16. The molecule has 1 N–H and O–H groups in total. The normalized spacial score (nSPS) is 10.8. The Morgan fingerprint density at radius 2 is 2.08 bits per heavy atom. The number of nitrogens with one attached hydrogen (secondary N) is 1. The van der Waals surface area contributed by atoms with Crippen LogP contribution in [0.3, 0.4) is 0 Å². The van der Waals surface area contributed by atoms with Gasteiger partial charge in [0.1, 0.15) is 12.0 Å². The van der Waals surface area contributed by atoms with Crippen molar-refractivity contribution in [1.29, 1.82) is 0 Å². The van der Waals surface area contributed by atoms with Gasteiger partial charge in [-0.3, -0.25) is 15.5 Å². The quantitative estimate of drug-likeness (QED) is 0.475. The topological polar surface area (TPSA) is 98.9 Å². The van der Waals surface area contributed by atoms with Crippen LogP contribution in [0.25, 0.3) is 0 Å². The summed E-state index contributed by atoms with van der Waals surface area (Å²) < 4.78 is 10.9. The van der Waals surface area contributed by atoms with Crippen LogP contribution in [0.1, 0.15) is 19.4 Å². The van der Waals surface area contributed by atoms with Crippen LogP contribution in [0.15, 0.2) is 41.6 Å². The highest BCUT2D eigenvalue weighted by molar-refractivity contribution is 5.81. The van der Waals surface area contributed by atoms with E-state index in [1.54, 1.807) is 19.4 Å². The van der Waals surface area contributed by atoms with Crippen molar-refractivity contribution in [3.8, 4) is 11.5 Å². The molecule has 126 valence electrons. The first-order valence-corrected chi connectivity index (χ1v) is 7.24. The zero-order valence-corrected chi connectivity index (χ0v) is 13.6. The van der Waals surface area contributed by atoms with Gasteiger partial charge < -0.3 is 9.47 Å². The molecule has 0 unspecified atom stereocenters. The minimum atomic E-state index is -0.507. The Balaban J connectivity index is 2.04. The molecule has 8 heteroatoms. The summed E-state index contributed by atoms with van der Waals surface area (Å²) in [6.45, 7) is 3.88. The smallest absolute Gasteiger partial charge is 0.287 e. The Bertz CT molecular complexity index is 729. The van der Waals surface area contributed by atoms with E-state index >= 15 is 0 Å². The summed E-state index contributed by atoms with van der Waals surface area (Å²) in [7, 11) is 1.57. The molecule has 1 aromatic carbocycles. The maximum atomic E-state index is 10.6. The SMILES string of the molecule is COc1cc(/C=N/Nc2ccc([N+](=O)[O-])cn2)ccc1OC(C)C. The second-order valence-corrected chi connectivity index (χ2v) is 5.11. The number of pyridine rings is 1. The molecule has 0 saturated heterocycles. The van der Waals surface area contributed by atoms with Crippen molar-refractivity contribution in [3.05, 3.63) is 52.2 Å². The second-order valence-electron chi connectivity index (χ2n) is 5.11. The summed E-state index contributed by atoms with van der Waals surface area (Å²) in [4.78, 5) is 14.0. The lowest BCUT2D eigenvalue weighted by Crippen LogP contribution is -2.06. The molecule has 0 amide bonds. The fourth-order valence-corrected chi connectivity index (χ4v) is 1.85. The molecule has 0 aliphatic rings. The Morgan fingerprint density at radius 3 is 2.67 bits per heavy atom. The van der Waals surface area contributed by atoms with Gasteiger partial charge in [0.25, 0.3) is 5.69 Å². The number of methoxy groups -OCH3 is 1. The van der Waals surface area contributed by atoms with Crippen LogP contribution in [0.2, 0.25) is 0 Å². The predicted octanol–water partition coefficient (Wildman–Crippen LogP) is 3.23. The number of hydrogen-bond donors (Lipinski definition) is 1. The first-order valence-electron chi connectivity index (χ1n) is 7.24. The zero-order valence-electron chi connectivity index (χ0n) is 13.6. The second kappa shape index (κ2) is 7.91. The minimum Gasteiger partial charge on any atom is -0.493 e. The third-order valence-corrected chi connectivity index (χ3v) is 2.90. The van der Waals surface area contributed by atoms with Crippen LogP contribution >= 0.6 is 0 Å². The first-order chi connectivity index (χ1) is 11.5. The third kappa shape index (κ3) is 4.67. The summed E-state index contributed by atoms with van der Waals surface area (Å²) in [6.07, 6.45) is 2.80. The first kappa shape index (κ1) is 17.2. The minimum absolute atomic E-state index is 0.0493. The highest BCUT2D eigenvalue weighted by Gasteiger charge is 2.07. The fraction of sp³-hybridized carbons (Fsp3) is 0.250. The number of rotatable bonds is 7. The number of nitro groups is 1. The molecule has 0 aliphatic carbocycles. The summed E-state index contributed by atoms with van der Waals surface area (Å²) in [5, 5.41) is 14.6. The Labute approximate surface area is 139 Å². The average molecular weight is 330 g/mol. The van der Waals surface area contributed by atoms with Gasteiger partial charge in [-0.05, 0) is 43.7 Å². The standard InChI is InChI=1S/C16H18N4O4/c1-11(2)24-14-6-4-12(8-15(14)23-3)9-18-19-16-7-5-13(10-17-16)20(21)22/h4-11H,1-3H3,(H,17,19)/b18-9+. The number of ether oxygens (including phenoxy) is 2. The molecular weight excluding hydrogens is 312 g/mol. The largest absolute Gasteiger partial charge is 0.493 e. The summed E-state index contributed by atoms with van der Waals surface area (Å²) in [5.41, 5.74) is 3.44. The van der Waals surface area contributed by atoms with Gasteiger partial charge in [0.2, 0.25) is 0 Å². The molecule has 0 aliphatic heterocycles. The van der Waals surface area contributed by atoms with E-state index in [4.69, 9.17) is 9.47 Å². The van der Waals surface area contributed by atoms with Gasteiger partial charge in [-0.25, -0.2) is 4.98 Å². The van der Waals surface area contributed by atoms with Crippen LogP contribution in [0.5, 0.6) is 11.5 Å². The monoisotopic (exact) mass is 330 g/mol. The van der Waals surface area contributed by atoms with Gasteiger partial charge in [-0.2, -0.15) is 5.10 Å². The van der Waals surface area contributed by atoms with Crippen LogP contribution in [0.4, 0.5) is 11.5 Å². The molecule has 0 radical (unpaired) electrons. The molecular formula is C16H18N4O4. The molecule has 8 nitrogen and oxygen atoms in total. The van der Waals surface area contributed by atoms with Crippen molar-refractivity contribution in [3.63, 3.8) is 0 Å². The zero-order chi connectivity index (χ0) is 17.5. The van der Waals surface area contributed by atoms with Crippen LogP contribution in [-0.2, 0) is 0 Å². The fourth-order valence-electron chi connectivity index (χ4n) is 1.85. The molecule has 2 rings (SSSR count). The lowest BCUT2D eigenvalue weighted by Gasteiger charge is -2.13. The van der Waals surface area contributed by atoms with Crippen molar-refractivity contribution in [1.82, 2.24) is 4.98 Å². The van der Waals surface area contributed by atoms with Crippen molar-refractivity contribution in [2.75, 3.05) is 12.5 Å². The van der Waals surface area contributed by atoms with Gasteiger partial charge in [0, 0.05) is 6.07 Å². The van der Waals surface area contributed by atoms with E-state index < -0.39 is 4.92 Å². The summed E-state index contributed by atoms with van der Waals surface area (Å²) in [5.74, 6) is 1.68. The highest BCUT2D eigenvalue weighted by atomic mass is 16.6. The molecule has 0 saturated carbocycles. The number of hydrazone groups is 1. The molecule has 0 atom stereocenters. The Morgan fingerprint density at radius 1 is 1.29 bits per heavy atom. The van der Waals surface area contributed by atoms with E-state index in [1.807, 2.05) is 26.0 Å². The van der Waals surface area contributed by atoms with E-state index in [0.29, 0.717) is 17.3 Å². The maximum absolute atomic E-state index is 10.6. The Kier molecular flexibility index (Phi) is 5.67. The van der Waals surface area contributed by atoms with E-state index in [1.165, 1.54) is 18.3 Å². The van der Waals surface area contributed by atoms with E-state index in [0.717, 1.165) is 5.56 Å². The van der Waals surface area contributed by atoms with Gasteiger partial charge in [0.15, 0.2) is 11.5 Å². The van der Waals surface area contributed by atoms with Crippen LogP contribution in [-0.4, -0.2) is 29.3 Å². The summed E-state index contributed by atoms with van der Waals surface area (Å²) in [6, 6.07) is 8.28. The number of anilines is 1. The number of nitrogens with zero attached hydrogens (tertiary/aromatic N) is 3. The molecule has 0 bridgehead atoms. The van der Waals surface area contributed by atoms with Crippen molar-refractivity contribution in [2.45, 2.75) is 20.0 Å². The average Bonchev–Trinajstić information content (AvgIpc) is 2.56. The summed E-state index contributed by atoms with van der Waals surface area (Å²) >= 11 is 0. The van der Waals surface area contributed by atoms with Crippen LogP contribution < -0.4 is 14.9 Å². The van der Waals surface area contributed by atoms with Gasteiger partial charge in [-0.15, -0.1) is 0 Å². The van der Waals surface area contributed by atoms with Crippen molar-refractivity contribution >= 4 is 17.7 Å². The van der Waals surface area contributed by atoms with E-state index in [9.17, 15) is 10.1 Å². The van der Waals surface area contributed by atoms with Crippen molar-refractivity contribution < 1.29 is 14.4 Å². The lowest BCUT2D eigenvalue weighted by atomic mass is 10.2. The van der Waals surface area contributed by atoms with E-state index in [2.05, 4.69) is 15.5 Å². The lowest BCUT2D eigenvalue weighted by molar-refractivity contribution is -0.385. The van der Waals surface area contributed by atoms with Crippen molar-refractivity contribution in [2.24, 2.45) is 5.10 Å². The van der Waals surface area contributed by atoms with Gasteiger partial charge in [0.05, 0.1) is 24.4 Å². The number of aromatic nitrogens is 1. The number of benzene rings is 1. The number of hydrogen-bond acceptors (Lipinski definition) is 7. The highest BCUT2D eigenvalue weighted by Crippen LogP contribution is 2.28. The van der Waals surface area contributed by atoms with Gasteiger partial charge >= 0.3 is 0 Å². The molecule has 0 fully saturated rings. The molecule has 24 heavy (non-hydrogen) atoms. The molecule has 1 heterocycles. The van der Waals surface area contributed by atoms with Crippen LogP contribution in [0, 0.1) is 10.1 Å². The molecule has 0 spiro atoms.